The minimum atomic E-state index is -0.105. The molecule has 1 aromatic rings. The molecule has 74 valence electrons. The number of nitrogens with zero attached hydrogens (tertiary/aromatic N) is 1. The van der Waals surface area contributed by atoms with Crippen molar-refractivity contribution in [3.05, 3.63) is 22.4 Å². The lowest BCUT2D eigenvalue weighted by Crippen LogP contribution is -2.37. The van der Waals surface area contributed by atoms with Crippen molar-refractivity contribution < 1.29 is 0 Å². The first-order valence-corrected chi connectivity index (χ1v) is 5.92. The van der Waals surface area contributed by atoms with Gasteiger partial charge in [-0.2, -0.15) is 16.6 Å². The minimum absolute atomic E-state index is 0.105. The Kier molecular flexibility index (Phi) is 2.85. The summed E-state index contributed by atoms with van der Waals surface area (Å²) in [5.74, 6) is 0. The first kappa shape index (κ1) is 9.70. The molecule has 14 heavy (non-hydrogen) atoms. The van der Waals surface area contributed by atoms with Crippen molar-refractivity contribution in [1.82, 2.24) is 5.32 Å². The van der Waals surface area contributed by atoms with E-state index in [0.717, 1.165) is 32.4 Å². The molecule has 0 aromatic carbocycles. The molecule has 1 aliphatic rings. The fourth-order valence-corrected chi connectivity index (χ4v) is 2.69. The number of hydrogen-bond donors (Lipinski definition) is 1. The van der Waals surface area contributed by atoms with E-state index in [1.807, 2.05) is 0 Å². The normalized spacial score (nSPS) is 20.2. The molecule has 2 heterocycles. The highest BCUT2D eigenvalue weighted by Gasteiger charge is 2.32. The van der Waals surface area contributed by atoms with Crippen molar-refractivity contribution in [3.8, 4) is 6.07 Å². The first-order valence-electron chi connectivity index (χ1n) is 4.98. The van der Waals surface area contributed by atoms with Crippen LogP contribution in [0.1, 0.15) is 18.4 Å². The Hall–Kier alpha value is -0.850. The molecule has 1 aromatic heterocycles. The maximum atomic E-state index is 9.27. The highest BCUT2D eigenvalue weighted by molar-refractivity contribution is 7.07. The summed E-state index contributed by atoms with van der Waals surface area (Å²) in [7, 11) is 0. The molecule has 1 fully saturated rings. The van der Waals surface area contributed by atoms with Crippen LogP contribution >= 0.6 is 11.3 Å². The van der Waals surface area contributed by atoms with E-state index < -0.39 is 0 Å². The Balaban J connectivity index is 2.09. The lowest BCUT2D eigenvalue weighted by atomic mass is 9.76. The number of thiophene rings is 1. The molecule has 1 N–H and O–H groups in total. The molecule has 0 aliphatic carbocycles. The second-order valence-electron chi connectivity index (χ2n) is 3.95. The molecule has 0 amide bonds. The Labute approximate surface area is 88.6 Å². The molecule has 1 aliphatic heterocycles. The third-order valence-corrected chi connectivity index (χ3v) is 3.65. The second-order valence-corrected chi connectivity index (χ2v) is 4.73. The highest BCUT2D eigenvalue weighted by Crippen LogP contribution is 2.32. The van der Waals surface area contributed by atoms with E-state index in [1.54, 1.807) is 11.3 Å². The van der Waals surface area contributed by atoms with Crippen LogP contribution < -0.4 is 5.32 Å². The van der Waals surface area contributed by atoms with Crippen LogP contribution in [0.15, 0.2) is 16.8 Å². The van der Waals surface area contributed by atoms with Gasteiger partial charge in [-0.15, -0.1) is 0 Å². The van der Waals surface area contributed by atoms with Crippen molar-refractivity contribution >= 4 is 11.3 Å². The number of rotatable bonds is 2. The molecule has 2 rings (SSSR count). The quantitative estimate of drug-likeness (QED) is 0.805. The van der Waals surface area contributed by atoms with Gasteiger partial charge in [-0.3, -0.25) is 0 Å². The van der Waals surface area contributed by atoms with E-state index in [4.69, 9.17) is 0 Å². The average Bonchev–Trinajstić information content (AvgIpc) is 2.72. The molecule has 3 heteroatoms. The van der Waals surface area contributed by atoms with Crippen LogP contribution in [0.2, 0.25) is 0 Å². The largest absolute Gasteiger partial charge is 0.317 e. The van der Waals surface area contributed by atoms with Gasteiger partial charge in [0.15, 0.2) is 0 Å². The van der Waals surface area contributed by atoms with Gasteiger partial charge < -0.3 is 5.32 Å². The molecule has 0 unspecified atom stereocenters. The smallest absolute Gasteiger partial charge is 0.0694 e. The predicted molar refractivity (Wildman–Crippen MR) is 58.2 cm³/mol. The lowest BCUT2D eigenvalue weighted by Gasteiger charge is -2.30. The molecule has 0 bridgehead atoms. The lowest BCUT2D eigenvalue weighted by molar-refractivity contribution is 0.280. The molecule has 2 nitrogen and oxygen atoms in total. The summed E-state index contributed by atoms with van der Waals surface area (Å²) < 4.78 is 0. The Bertz CT molecular complexity index is 318. The minimum Gasteiger partial charge on any atom is -0.317 e. The zero-order valence-corrected chi connectivity index (χ0v) is 8.94. The van der Waals surface area contributed by atoms with Gasteiger partial charge in [0.2, 0.25) is 0 Å². The Morgan fingerprint density at radius 2 is 2.29 bits per heavy atom. The maximum absolute atomic E-state index is 9.27. The van der Waals surface area contributed by atoms with E-state index in [2.05, 4.69) is 28.2 Å². The number of nitriles is 1. The summed E-state index contributed by atoms with van der Waals surface area (Å²) in [6.07, 6.45) is 2.90. The second kappa shape index (κ2) is 4.12. The van der Waals surface area contributed by atoms with E-state index >= 15 is 0 Å². The van der Waals surface area contributed by atoms with Gasteiger partial charge >= 0.3 is 0 Å². The summed E-state index contributed by atoms with van der Waals surface area (Å²) in [6.45, 7) is 1.97. The monoisotopic (exact) mass is 206 g/mol. The van der Waals surface area contributed by atoms with Crippen LogP contribution in [0.5, 0.6) is 0 Å². The fourth-order valence-electron chi connectivity index (χ4n) is 2.02. The molecular weight excluding hydrogens is 192 g/mol. The third kappa shape index (κ3) is 1.97. The third-order valence-electron chi connectivity index (χ3n) is 2.92. The van der Waals surface area contributed by atoms with Gasteiger partial charge in [-0.25, -0.2) is 0 Å². The standard InChI is InChI=1S/C11H14N2S/c12-9-11(2-4-13-5-3-11)7-10-1-6-14-8-10/h1,6,8,13H,2-5,7H2. The van der Waals surface area contributed by atoms with Crippen LogP contribution in [-0.4, -0.2) is 13.1 Å². The van der Waals surface area contributed by atoms with Gasteiger partial charge in [0.25, 0.3) is 0 Å². The molecule has 0 saturated carbocycles. The van der Waals surface area contributed by atoms with E-state index in [-0.39, 0.29) is 5.41 Å². The van der Waals surface area contributed by atoms with Crippen molar-refractivity contribution in [2.75, 3.05) is 13.1 Å². The van der Waals surface area contributed by atoms with Crippen LogP contribution in [-0.2, 0) is 6.42 Å². The van der Waals surface area contributed by atoms with Crippen molar-refractivity contribution in [3.63, 3.8) is 0 Å². The van der Waals surface area contributed by atoms with E-state index in [1.165, 1.54) is 5.56 Å². The zero-order chi connectivity index (χ0) is 9.86. The molecule has 0 atom stereocenters. The van der Waals surface area contributed by atoms with Gasteiger partial charge in [-0.05, 0) is 54.7 Å². The van der Waals surface area contributed by atoms with Crippen molar-refractivity contribution in [1.29, 1.82) is 5.26 Å². The molecule has 0 spiro atoms. The average molecular weight is 206 g/mol. The van der Waals surface area contributed by atoms with Crippen LogP contribution in [0, 0.1) is 16.7 Å². The van der Waals surface area contributed by atoms with Crippen LogP contribution in [0.3, 0.4) is 0 Å². The number of piperidine rings is 1. The van der Waals surface area contributed by atoms with Gasteiger partial charge in [0.1, 0.15) is 0 Å². The number of hydrogen-bond acceptors (Lipinski definition) is 3. The number of nitrogens with one attached hydrogen (secondary N) is 1. The topological polar surface area (TPSA) is 35.8 Å². The maximum Gasteiger partial charge on any atom is 0.0694 e. The van der Waals surface area contributed by atoms with Crippen LogP contribution in [0.4, 0.5) is 0 Å². The Morgan fingerprint density at radius 1 is 1.50 bits per heavy atom. The predicted octanol–water partition coefficient (Wildman–Crippen LogP) is 2.18. The van der Waals surface area contributed by atoms with Gasteiger partial charge in [0.05, 0.1) is 11.5 Å². The summed E-state index contributed by atoms with van der Waals surface area (Å²) in [6, 6.07) is 4.65. The summed E-state index contributed by atoms with van der Waals surface area (Å²) in [5.41, 5.74) is 1.21. The first-order chi connectivity index (χ1) is 6.85. The molecular formula is C11H14N2S. The van der Waals surface area contributed by atoms with Gasteiger partial charge in [0, 0.05) is 0 Å². The van der Waals surface area contributed by atoms with E-state index in [0.29, 0.717) is 0 Å². The summed E-state index contributed by atoms with van der Waals surface area (Å²) in [5, 5.41) is 16.8. The van der Waals surface area contributed by atoms with Gasteiger partial charge in [-0.1, -0.05) is 0 Å². The summed E-state index contributed by atoms with van der Waals surface area (Å²) >= 11 is 1.71. The van der Waals surface area contributed by atoms with E-state index in [9.17, 15) is 5.26 Å². The SMILES string of the molecule is N#CC1(Cc2ccsc2)CCNCC1. The summed E-state index contributed by atoms with van der Waals surface area (Å²) in [4.78, 5) is 0. The molecule has 0 radical (unpaired) electrons. The zero-order valence-electron chi connectivity index (χ0n) is 8.12. The highest BCUT2D eigenvalue weighted by atomic mass is 32.1. The van der Waals surface area contributed by atoms with Crippen molar-refractivity contribution in [2.24, 2.45) is 5.41 Å². The van der Waals surface area contributed by atoms with Crippen LogP contribution in [0.25, 0.3) is 0 Å². The van der Waals surface area contributed by atoms with Crippen molar-refractivity contribution in [2.45, 2.75) is 19.3 Å². The Morgan fingerprint density at radius 3 is 2.86 bits per heavy atom. The molecule has 1 saturated heterocycles. The fraction of sp³-hybridized carbons (Fsp3) is 0.545.